The molecule has 5 rings (SSSR count). The van der Waals surface area contributed by atoms with E-state index in [9.17, 15) is 19.5 Å². The maximum Gasteiger partial charge on any atom is 0.310 e. The van der Waals surface area contributed by atoms with Gasteiger partial charge in [0, 0.05) is 30.6 Å². The number of aliphatic hydroxyl groups excluding tert-OH is 1. The van der Waals surface area contributed by atoms with Crippen molar-refractivity contribution in [1.82, 2.24) is 4.90 Å². The summed E-state index contributed by atoms with van der Waals surface area (Å²) in [6.45, 7) is 8.60. The van der Waals surface area contributed by atoms with Crippen molar-refractivity contribution >= 4 is 46.0 Å². The van der Waals surface area contributed by atoms with Crippen LogP contribution in [0.1, 0.15) is 38.5 Å². The minimum Gasteiger partial charge on any atom is -0.465 e. The normalized spacial score (nSPS) is 26.6. The fourth-order valence-electron chi connectivity index (χ4n) is 6.78. The Hall–Kier alpha value is -3.10. The second-order valence-corrected chi connectivity index (χ2v) is 12.5. The van der Waals surface area contributed by atoms with Crippen molar-refractivity contribution in [2.24, 2.45) is 11.8 Å². The molecule has 0 radical (unpaired) electrons. The molecule has 2 aromatic carbocycles. The zero-order valence-corrected chi connectivity index (χ0v) is 23.7. The molecule has 3 saturated heterocycles. The second-order valence-electron chi connectivity index (χ2n) is 10.9. The minimum atomic E-state index is -0.705. The first-order valence-electron chi connectivity index (χ1n) is 14.2. The largest absolute Gasteiger partial charge is 0.465 e. The Morgan fingerprint density at radius 1 is 1.12 bits per heavy atom. The van der Waals surface area contributed by atoms with Crippen LogP contribution in [0.25, 0.3) is 10.8 Å². The number of likely N-dealkylation sites (tertiary alicyclic amines) is 1. The first-order chi connectivity index (χ1) is 19.5. The highest BCUT2D eigenvalue weighted by Gasteiger charge is 2.74. The number of rotatable bonds is 13. The number of unbranched alkanes of at least 4 members (excludes halogenated alkanes) is 2. The van der Waals surface area contributed by atoms with Crippen molar-refractivity contribution in [3.8, 4) is 0 Å². The number of carbonyl (C=O) groups is 3. The molecule has 212 valence electrons. The lowest BCUT2D eigenvalue weighted by molar-refractivity contribution is -0.154. The average molecular weight is 563 g/mol. The van der Waals surface area contributed by atoms with Crippen molar-refractivity contribution in [2.45, 2.75) is 54.6 Å². The van der Waals surface area contributed by atoms with Gasteiger partial charge in [0.05, 0.1) is 23.2 Å². The van der Waals surface area contributed by atoms with Crippen LogP contribution in [0.15, 0.2) is 67.8 Å². The summed E-state index contributed by atoms with van der Waals surface area (Å²) in [5.74, 6) is -1.77. The van der Waals surface area contributed by atoms with Crippen LogP contribution in [0.3, 0.4) is 0 Å². The number of fused-ring (bicyclic) bond motifs is 2. The molecule has 0 saturated carbocycles. The zero-order chi connectivity index (χ0) is 28.3. The molecule has 3 fully saturated rings. The topological polar surface area (TPSA) is 87.1 Å². The van der Waals surface area contributed by atoms with Crippen LogP contribution in [0, 0.1) is 11.8 Å². The summed E-state index contributed by atoms with van der Waals surface area (Å²) in [6.07, 6.45) is 7.54. The van der Waals surface area contributed by atoms with Gasteiger partial charge in [-0.15, -0.1) is 24.9 Å². The molecular weight excluding hydrogens is 524 g/mol. The Morgan fingerprint density at radius 3 is 2.67 bits per heavy atom. The van der Waals surface area contributed by atoms with Gasteiger partial charge in [-0.1, -0.05) is 42.5 Å². The number of aliphatic hydroxyl groups is 1. The quantitative estimate of drug-likeness (QED) is 0.216. The van der Waals surface area contributed by atoms with E-state index in [4.69, 9.17) is 4.74 Å². The van der Waals surface area contributed by atoms with Gasteiger partial charge in [0.25, 0.3) is 5.91 Å². The Kier molecular flexibility index (Phi) is 8.66. The number of benzene rings is 2. The zero-order valence-electron chi connectivity index (χ0n) is 22.9. The van der Waals surface area contributed by atoms with E-state index >= 15 is 0 Å². The number of ether oxygens (including phenoxy) is 1. The van der Waals surface area contributed by atoms with Gasteiger partial charge in [0.1, 0.15) is 6.04 Å². The number of hydrogen-bond donors (Lipinski definition) is 1. The summed E-state index contributed by atoms with van der Waals surface area (Å²) in [6, 6.07) is 13.2. The number of thioether (sulfide) groups is 1. The molecule has 2 bridgehead atoms. The maximum atomic E-state index is 14.6. The lowest BCUT2D eigenvalue weighted by atomic mass is 9.71. The summed E-state index contributed by atoms with van der Waals surface area (Å²) in [7, 11) is 0. The molecule has 3 aliphatic heterocycles. The van der Waals surface area contributed by atoms with Gasteiger partial charge in [-0.2, -0.15) is 0 Å². The third-order valence-electron chi connectivity index (χ3n) is 8.53. The summed E-state index contributed by atoms with van der Waals surface area (Å²) < 4.78 is 4.97. The van der Waals surface area contributed by atoms with E-state index in [1.54, 1.807) is 33.7 Å². The van der Waals surface area contributed by atoms with Gasteiger partial charge in [-0.05, 0) is 61.4 Å². The summed E-state index contributed by atoms with van der Waals surface area (Å²) in [4.78, 5) is 45.5. The van der Waals surface area contributed by atoms with Crippen LogP contribution in [0.2, 0.25) is 0 Å². The number of esters is 1. The molecule has 7 nitrogen and oxygen atoms in total. The molecule has 0 aliphatic carbocycles. The van der Waals surface area contributed by atoms with Crippen LogP contribution in [0.5, 0.6) is 0 Å². The predicted octanol–water partition coefficient (Wildman–Crippen LogP) is 4.73. The Bertz CT molecular complexity index is 1300. The Balaban J connectivity index is 1.49. The average Bonchev–Trinajstić information content (AvgIpc) is 3.61. The lowest BCUT2D eigenvalue weighted by Crippen LogP contribution is -2.55. The minimum absolute atomic E-state index is 0.0192. The number of allylic oxidation sites excluding steroid dienone is 1. The molecule has 1 N–H and O–H groups in total. The molecular formula is C32H38N2O5S. The van der Waals surface area contributed by atoms with Gasteiger partial charge in [-0.3, -0.25) is 14.4 Å². The van der Waals surface area contributed by atoms with Crippen LogP contribution in [0.4, 0.5) is 5.69 Å². The molecule has 3 aliphatic rings. The van der Waals surface area contributed by atoms with Gasteiger partial charge in [0.2, 0.25) is 5.91 Å². The monoisotopic (exact) mass is 562 g/mol. The molecule has 1 spiro atoms. The number of anilines is 1. The highest BCUT2D eigenvalue weighted by molar-refractivity contribution is 8.02. The molecule has 2 unspecified atom stereocenters. The van der Waals surface area contributed by atoms with Crippen molar-refractivity contribution in [1.29, 1.82) is 0 Å². The van der Waals surface area contributed by atoms with E-state index in [0.29, 0.717) is 45.4 Å². The number of carbonyl (C=O) groups excluding carboxylic acids is 3. The molecule has 2 aromatic rings. The Labute approximate surface area is 240 Å². The standard InChI is InChI=1S/C32H38N2O5S/c1-3-5-10-20-39-31(38)26-25-15-16-32(40-25)27(26)29(36)34(18-8-9-19-35)28(32)30(37)33(17-4-2)24-14-13-22-11-6-7-12-23(22)21-24/h3-4,6-7,11-14,21,25-28,35H,1-2,5,8-10,15-20H2/t25-,26+,27+,28?,32?/m1/s1. The van der Waals surface area contributed by atoms with E-state index in [0.717, 1.165) is 29.3 Å². The number of nitrogens with zero attached hydrogens (tertiary/aromatic N) is 2. The molecule has 3 heterocycles. The van der Waals surface area contributed by atoms with Gasteiger partial charge in [-0.25, -0.2) is 0 Å². The smallest absolute Gasteiger partial charge is 0.310 e. The molecule has 40 heavy (non-hydrogen) atoms. The highest BCUT2D eigenvalue weighted by Crippen LogP contribution is 2.66. The maximum absolute atomic E-state index is 14.6. The summed E-state index contributed by atoms with van der Waals surface area (Å²) >= 11 is 1.64. The molecule has 8 heteroatoms. The third-order valence-corrected chi connectivity index (χ3v) is 10.5. The molecule has 5 atom stereocenters. The summed E-state index contributed by atoms with van der Waals surface area (Å²) in [5, 5.41) is 11.5. The van der Waals surface area contributed by atoms with Crippen molar-refractivity contribution in [3.63, 3.8) is 0 Å². The van der Waals surface area contributed by atoms with Crippen LogP contribution in [-0.2, 0) is 19.1 Å². The lowest BCUT2D eigenvalue weighted by Gasteiger charge is -2.37. The highest BCUT2D eigenvalue weighted by atomic mass is 32.2. The molecule has 0 aromatic heterocycles. The van der Waals surface area contributed by atoms with Crippen molar-refractivity contribution in [2.75, 3.05) is 31.2 Å². The molecule has 2 amide bonds. The predicted molar refractivity (Wildman–Crippen MR) is 159 cm³/mol. The van der Waals surface area contributed by atoms with E-state index in [1.165, 1.54) is 0 Å². The van der Waals surface area contributed by atoms with Crippen molar-refractivity contribution in [3.05, 3.63) is 67.8 Å². The fourth-order valence-corrected chi connectivity index (χ4v) is 8.98. The number of amides is 2. The van der Waals surface area contributed by atoms with Crippen molar-refractivity contribution < 1.29 is 24.2 Å². The van der Waals surface area contributed by atoms with Crippen LogP contribution in [-0.4, -0.2) is 70.1 Å². The second kappa shape index (κ2) is 12.2. The SMILES string of the molecule is C=CCCCOC(=O)[C@@H]1[C@H]2C(=O)N(CCCCO)C(C(=O)N(CC=C)c3ccc4ccccc4c3)C23CC[C@H]1S3. The van der Waals surface area contributed by atoms with E-state index < -0.39 is 22.6 Å². The van der Waals surface area contributed by atoms with Gasteiger partial charge >= 0.3 is 5.97 Å². The Morgan fingerprint density at radius 2 is 1.93 bits per heavy atom. The first-order valence-corrected chi connectivity index (χ1v) is 15.1. The fraction of sp³-hybridized carbons (Fsp3) is 0.469. The van der Waals surface area contributed by atoms with E-state index in [2.05, 4.69) is 13.2 Å². The number of hydrogen-bond acceptors (Lipinski definition) is 6. The third kappa shape index (κ3) is 4.96. The van der Waals surface area contributed by atoms with Gasteiger partial charge in [0.15, 0.2) is 0 Å². The van der Waals surface area contributed by atoms with Gasteiger partial charge < -0.3 is 19.6 Å². The first kappa shape index (κ1) is 28.4. The van der Waals surface area contributed by atoms with Crippen LogP contribution < -0.4 is 4.90 Å². The summed E-state index contributed by atoms with van der Waals surface area (Å²) in [5.41, 5.74) is 0.752. The van der Waals surface area contributed by atoms with E-state index in [1.807, 2.05) is 42.5 Å². The van der Waals surface area contributed by atoms with Crippen LogP contribution >= 0.6 is 11.8 Å². The van der Waals surface area contributed by atoms with E-state index in [-0.39, 0.29) is 29.6 Å².